The van der Waals surface area contributed by atoms with E-state index in [9.17, 15) is 4.79 Å². The topological polar surface area (TPSA) is 71.2 Å². The van der Waals surface area contributed by atoms with Crippen molar-refractivity contribution in [1.82, 2.24) is 19.9 Å². The van der Waals surface area contributed by atoms with Crippen molar-refractivity contribution >= 4 is 5.97 Å². The smallest absolute Gasteiger partial charge is 0.358 e. The van der Waals surface area contributed by atoms with E-state index in [4.69, 9.17) is 5.11 Å². The maximum atomic E-state index is 10.8. The second-order valence-electron chi connectivity index (χ2n) is 4.82. The molecule has 0 spiro atoms. The summed E-state index contributed by atoms with van der Waals surface area (Å²) in [6, 6.07) is 0. The predicted octanol–water partition coefficient (Wildman–Crippen LogP) is 0.807. The first-order valence-electron chi connectivity index (χ1n) is 5.93. The van der Waals surface area contributed by atoms with E-state index in [0.29, 0.717) is 0 Å². The fourth-order valence-electron chi connectivity index (χ4n) is 2.41. The molecule has 1 N–H and O–H groups in total. The van der Waals surface area contributed by atoms with Crippen LogP contribution in [0.25, 0.3) is 0 Å². The SMILES string of the molecule is CCN1CCC[C@@](C)(n2cc(C(=O)O)nn2)C1. The molecular formula is C11H18N4O2. The molecule has 1 aromatic heterocycles. The van der Waals surface area contributed by atoms with Crippen molar-refractivity contribution in [1.29, 1.82) is 0 Å². The molecule has 1 aliphatic rings. The normalized spacial score (nSPS) is 26.0. The van der Waals surface area contributed by atoms with Gasteiger partial charge in [-0.3, -0.25) is 0 Å². The number of likely N-dealkylation sites (tertiary alicyclic amines) is 1. The first-order valence-corrected chi connectivity index (χ1v) is 5.93. The Hall–Kier alpha value is -1.43. The number of carbonyl (C=O) groups is 1. The number of carboxylic acids is 1. The van der Waals surface area contributed by atoms with Crippen LogP contribution in [0.3, 0.4) is 0 Å². The van der Waals surface area contributed by atoms with Gasteiger partial charge in [0.2, 0.25) is 0 Å². The molecule has 2 rings (SSSR count). The van der Waals surface area contributed by atoms with Crippen LogP contribution in [0, 0.1) is 0 Å². The monoisotopic (exact) mass is 238 g/mol. The fraction of sp³-hybridized carbons (Fsp3) is 0.727. The Balaban J connectivity index is 2.21. The van der Waals surface area contributed by atoms with Crippen molar-refractivity contribution in [3.63, 3.8) is 0 Å². The van der Waals surface area contributed by atoms with Gasteiger partial charge in [0.15, 0.2) is 5.69 Å². The average Bonchev–Trinajstić information content (AvgIpc) is 2.79. The Labute approximate surface area is 100 Å². The summed E-state index contributed by atoms with van der Waals surface area (Å²) in [5.41, 5.74) is -0.130. The van der Waals surface area contributed by atoms with Crippen molar-refractivity contribution in [2.45, 2.75) is 32.2 Å². The van der Waals surface area contributed by atoms with Crippen LogP contribution < -0.4 is 0 Å². The Kier molecular flexibility index (Phi) is 3.15. The van der Waals surface area contributed by atoms with Crippen LogP contribution in [0.1, 0.15) is 37.2 Å². The van der Waals surface area contributed by atoms with Crippen LogP contribution in [-0.4, -0.2) is 50.6 Å². The number of carboxylic acid groups (broad SMARTS) is 1. The molecule has 2 heterocycles. The molecule has 1 fully saturated rings. The van der Waals surface area contributed by atoms with Crippen molar-refractivity contribution in [2.75, 3.05) is 19.6 Å². The number of rotatable bonds is 3. The lowest BCUT2D eigenvalue weighted by Gasteiger charge is -2.39. The molecular weight excluding hydrogens is 220 g/mol. The van der Waals surface area contributed by atoms with E-state index >= 15 is 0 Å². The van der Waals surface area contributed by atoms with E-state index in [-0.39, 0.29) is 11.2 Å². The molecule has 1 saturated heterocycles. The van der Waals surface area contributed by atoms with E-state index in [1.54, 1.807) is 4.68 Å². The van der Waals surface area contributed by atoms with Gasteiger partial charge in [-0.25, -0.2) is 9.48 Å². The van der Waals surface area contributed by atoms with Crippen LogP contribution >= 0.6 is 0 Å². The highest BCUT2D eigenvalue weighted by molar-refractivity contribution is 5.84. The minimum atomic E-state index is -1.02. The highest BCUT2D eigenvalue weighted by Gasteiger charge is 2.33. The molecule has 0 saturated carbocycles. The molecule has 1 aromatic rings. The lowest BCUT2D eigenvalue weighted by atomic mass is 9.91. The zero-order valence-corrected chi connectivity index (χ0v) is 10.3. The number of likely N-dealkylation sites (N-methyl/N-ethyl adjacent to an activating group) is 1. The molecule has 17 heavy (non-hydrogen) atoms. The predicted molar refractivity (Wildman–Crippen MR) is 62.0 cm³/mol. The van der Waals surface area contributed by atoms with Crippen molar-refractivity contribution < 1.29 is 9.90 Å². The third-order valence-electron chi connectivity index (χ3n) is 3.47. The van der Waals surface area contributed by atoms with Gasteiger partial charge in [0.05, 0.1) is 11.7 Å². The van der Waals surface area contributed by atoms with Crippen LogP contribution in [0.2, 0.25) is 0 Å². The minimum Gasteiger partial charge on any atom is -0.476 e. The van der Waals surface area contributed by atoms with Gasteiger partial charge in [-0.05, 0) is 32.9 Å². The number of aromatic nitrogens is 3. The molecule has 1 atom stereocenters. The maximum Gasteiger partial charge on any atom is 0.358 e. The number of hydrogen-bond donors (Lipinski definition) is 1. The molecule has 0 aliphatic carbocycles. The lowest BCUT2D eigenvalue weighted by molar-refractivity contribution is 0.0690. The van der Waals surface area contributed by atoms with Crippen LogP contribution in [0.4, 0.5) is 0 Å². The van der Waals surface area contributed by atoms with Gasteiger partial charge in [-0.1, -0.05) is 12.1 Å². The Morgan fingerprint density at radius 1 is 1.65 bits per heavy atom. The van der Waals surface area contributed by atoms with E-state index in [2.05, 4.69) is 29.1 Å². The summed E-state index contributed by atoms with van der Waals surface area (Å²) in [7, 11) is 0. The molecule has 6 heteroatoms. The molecule has 0 bridgehead atoms. The zero-order valence-electron chi connectivity index (χ0n) is 10.3. The molecule has 94 valence electrons. The van der Waals surface area contributed by atoms with Crippen LogP contribution in [-0.2, 0) is 5.54 Å². The first kappa shape index (κ1) is 12.0. The number of aromatic carboxylic acids is 1. The van der Waals surface area contributed by atoms with Crippen LogP contribution in [0.15, 0.2) is 6.20 Å². The largest absolute Gasteiger partial charge is 0.476 e. The van der Waals surface area contributed by atoms with E-state index < -0.39 is 5.97 Å². The fourth-order valence-corrected chi connectivity index (χ4v) is 2.41. The summed E-state index contributed by atoms with van der Waals surface area (Å²) >= 11 is 0. The van der Waals surface area contributed by atoms with E-state index in [0.717, 1.165) is 32.5 Å². The summed E-state index contributed by atoms with van der Waals surface area (Å²) < 4.78 is 1.71. The highest BCUT2D eigenvalue weighted by atomic mass is 16.4. The standard InChI is InChI=1S/C11H18N4O2/c1-3-14-6-4-5-11(2,8-14)15-7-9(10(16)17)12-13-15/h7H,3-6,8H2,1-2H3,(H,16,17)/t11-/m1/s1. The molecule has 0 radical (unpaired) electrons. The first-order chi connectivity index (χ1) is 8.05. The summed E-state index contributed by atoms with van der Waals surface area (Å²) in [6.07, 6.45) is 3.64. The molecule has 1 aliphatic heterocycles. The number of hydrogen-bond acceptors (Lipinski definition) is 4. The molecule has 0 amide bonds. The quantitative estimate of drug-likeness (QED) is 0.843. The van der Waals surface area contributed by atoms with Gasteiger partial charge < -0.3 is 10.0 Å². The number of nitrogens with zero attached hydrogens (tertiary/aromatic N) is 4. The minimum absolute atomic E-state index is 0.0137. The van der Waals surface area contributed by atoms with Crippen LogP contribution in [0.5, 0.6) is 0 Å². The highest BCUT2D eigenvalue weighted by Crippen LogP contribution is 2.27. The Morgan fingerprint density at radius 2 is 2.41 bits per heavy atom. The van der Waals surface area contributed by atoms with Crippen molar-refractivity contribution in [2.24, 2.45) is 0 Å². The number of piperidine rings is 1. The summed E-state index contributed by atoms with van der Waals surface area (Å²) in [4.78, 5) is 13.1. The van der Waals surface area contributed by atoms with Gasteiger partial charge in [0.1, 0.15) is 0 Å². The Bertz CT molecular complexity index is 417. The van der Waals surface area contributed by atoms with Gasteiger partial charge >= 0.3 is 5.97 Å². The summed E-state index contributed by atoms with van der Waals surface area (Å²) in [6.45, 7) is 7.25. The lowest BCUT2D eigenvalue weighted by Crippen LogP contribution is -2.48. The third kappa shape index (κ3) is 2.31. The second kappa shape index (κ2) is 4.44. The van der Waals surface area contributed by atoms with Gasteiger partial charge in [0, 0.05) is 6.54 Å². The zero-order chi connectivity index (χ0) is 12.5. The van der Waals surface area contributed by atoms with Crippen molar-refractivity contribution in [3.05, 3.63) is 11.9 Å². The van der Waals surface area contributed by atoms with E-state index in [1.165, 1.54) is 6.20 Å². The Morgan fingerprint density at radius 3 is 3.00 bits per heavy atom. The molecule has 6 nitrogen and oxygen atoms in total. The van der Waals surface area contributed by atoms with Gasteiger partial charge in [-0.2, -0.15) is 0 Å². The van der Waals surface area contributed by atoms with Gasteiger partial charge in [0.25, 0.3) is 0 Å². The molecule has 0 unspecified atom stereocenters. The van der Waals surface area contributed by atoms with Crippen molar-refractivity contribution in [3.8, 4) is 0 Å². The molecule has 0 aromatic carbocycles. The summed E-state index contributed by atoms with van der Waals surface area (Å²) in [5, 5.41) is 16.5. The summed E-state index contributed by atoms with van der Waals surface area (Å²) in [5.74, 6) is -1.02. The average molecular weight is 238 g/mol. The van der Waals surface area contributed by atoms with Gasteiger partial charge in [-0.15, -0.1) is 5.10 Å². The maximum absolute atomic E-state index is 10.8. The van der Waals surface area contributed by atoms with E-state index in [1.807, 2.05) is 0 Å². The second-order valence-corrected chi connectivity index (χ2v) is 4.82. The third-order valence-corrected chi connectivity index (χ3v) is 3.47.